The zero-order valence-electron chi connectivity index (χ0n) is 15.0. The molecule has 1 aromatic heterocycles. The molecule has 0 unspecified atom stereocenters. The fourth-order valence-electron chi connectivity index (χ4n) is 2.46. The van der Waals surface area contributed by atoms with Gasteiger partial charge in [0, 0.05) is 29.1 Å². The van der Waals surface area contributed by atoms with Crippen molar-refractivity contribution in [1.82, 2.24) is 9.97 Å². The third-order valence-electron chi connectivity index (χ3n) is 3.70. The van der Waals surface area contributed by atoms with E-state index in [0.717, 1.165) is 26.5 Å². The molecule has 1 N–H and O–H groups in total. The van der Waals surface area contributed by atoms with E-state index in [1.807, 2.05) is 36.4 Å². The first-order valence-electron chi connectivity index (χ1n) is 8.17. The number of carbonyl (C=O) groups is 1. The van der Waals surface area contributed by atoms with Crippen LogP contribution in [0.5, 0.6) is 11.5 Å². The van der Waals surface area contributed by atoms with Crippen LogP contribution in [0, 0.1) is 0 Å². The fourth-order valence-corrected chi connectivity index (χ4v) is 3.39. The Hall–Kier alpha value is -2.84. The molecule has 0 aliphatic carbocycles. The number of hydrogen-bond donors (Lipinski definition) is 1. The lowest BCUT2D eigenvalue weighted by Crippen LogP contribution is -2.05. The summed E-state index contributed by atoms with van der Waals surface area (Å²) in [5, 5.41) is 4.28. The highest BCUT2D eigenvalue weighted by Gasteiger charge is 2.13. The number of hydrogen-bond acceptors (Lipinski definition) is 7. The second-order valence-electron chi connectivity index (χ2n) is 5.43. The molecule has 0 saturated heterocycles. The SMILES string of the molecule is COCCOc1cc2ncnc(Sc3cccc(NC=O)c3)c2cc1OC. The van der Waals surface area contributed by atoms with Crippen molar-refractivity contribution >= 4 is 34.8 Å². The van der Waals surface area contributed by atoms with Crippen LogP contribution in [0.25, 0.3) is 10.9 Å². The molecule has 1 heterocycles. The molecular formula is C19H19N3O4S. The van der Waals surface area contributed by atoms with E-state index in [0.29, 0.717) is 31.1 Å². The van der Waals surface area contributed by atoms with Crippen molar-refractivity contribution in [2.24, 2.45) is 0 Å². The second kappa shape index (κ2) is 9.20. The lowest BCUT2D eigenvalue weighted by atomic mass is 10.2. The highest BCUT2D eigenvalue weighted by atomic mass is 32.2. The van der Waals surface area contributed by atoms with Crippen molar-refractivity contribution in [3.05, 3.63) is 42.7 Å². The van der Waals surface area contributed by atoms with Crippen LogP contribution in [0.2, 0.25) is 0 Å². The van der Waals surface area contributed by atoms with E-state index < -0.39 is 0 Å². The Kier molecular flexibility index (Phi) is 6.45. The Labute approximate surface area is 161 Å². The molecule has 3 rings (SSSR count). The minimum absolute atomic E-state index is 0.418. The minimum Gasteiger partial charge on any atom is -0.493 e. The van der Waals surface area contributed by atoms with Gasteiger partial charge in [0.1, 0.15) is 18.0 Å². The van der Waals surface area contributed by atoms with Gasteiger partial charge in [-0.3, -0.25) is 4.79 Å². The van der Waals surface area contributed by atoms with Gasteiger partial charge in [0.15, 0.2) is 11.5 Å². The zero-order valence-corrected chi connectivity index (χ0v) is 15.8. The third kappa shape index (κ3) is 4.66. The molecule has 0 bridgehead atoms. The van der Waals surface area contributed by atoms with Gasteiger partial charge in [-0.2, -0.15) is 0 Å². The molecule has 27 heavy (non-hydrogen) atoms. The first-order valence-corrected chi connectivity index (χ1v) is 8.99. The van der Waals surface area contributed by atoms with Gasteiger partial charge >= 0.3 is 0 Å². The highest BCUT2D eigenvalue weighted by Crippen LogP contribution is 2.37. The summed E-state index contributed by atoms with van der Waals surface area (Å²) in [6, 6.07) is 11.2. The number of ether oxygens (including phenoxy) is 3. The summed E-state index contributed by atoms with van der Waals surface area (Å²) < 4.78 is 16.2. The maximum Gasteiger partial charge on any atom is 0.211 e. The van der Waals surface area contributed by atoms with Gasteiger partial charge in [0.25, 0.3) is 0 Å². The van der Waals surface area contributed by atoms with Gasteiger partial charge in [-0.1, -0.05) is 17.8 Å². The Balaban J connectivity index is 1.94. The molecular weight excluding hydrogens is 366 g/mol. The number of nitrogens with zero attached hydrogens (tertiary/aromatic N) is 2. The summed E-state index contributed by atoms with van der Waals surface area (Å²) in [5.74, 6) is 1.21. The summed E-state index contributed by atoms with van der Waals surface area (Å²) in [6.45, 7) is 0.902. The molecule has 0 atom stereocenters. The molecule has 8 heteroatoms. The lowest BCUT2D eigenvalue weighted by Gasteiger charge is -2.13. The predicted molar refractivity (Wildman–Crippen MR) is 104 cm³/mol. The maximum absolute atomic E-state index is 10.6. The van der Waals surface area contributed by atoms with Crippen molar-refractivity contribution in [3.8, 4) is 11.5 Å². The van der Waals surface area contributed by atoms with Gasteiger partial charge in [-0.15, -0.1) is 0 Å². The number of rotatable bonds is 9. The molecule has 0 fully saturated rings. The summed E-state index contributed by atoms with van der Waals surface area (Å²) in [6.07, 6.45) is 2.17. The first kappa shape index (κ1) is 18.9. The molecule has 0 aliphatic rings. The molecule has 0 aliphatic heterocycles. The predicted octanol–water partition coefficient (Wildman–Crippen LogP) is 3.38. The van der Waals surface area contributed by atoms with Crippen LogP contribution in [0.4, 0.5) is 5.69 Å². The molecule has 3 aromatic rings. The average molecular weight is 385 g/mol. The average Bonchev–Trinajstić information content (AvgIpc) is 2.68. The van der Waals surface area contributed by atoms with Gasteiger partial charge in [-0.25, -0.2) is 9.97 Å². The number of methoxy groups -OCH3 is 2. The topological polar surface area (TPSA) is 82.6 Å². The molecule has 0 spiro atoms. The van der Waals surface area contributed by atoms with E-state index in [9.17, 15) is 4.79 Å². The van der Waals surface area contributed by atoms with E-state index >= 15 is 0 Å². The standard InChI is InChI=1S/C19H19N3O4S/c1-24-6-7-26-18-10-16-15(9-17(18)25-2)19(21-11-20-16)27-14-5-3-4-13(8-14)22-12-23/h3-5,8-12H,6-7H2,1-2H3,(H,22,23). The Morgan fingerprint density at radius 1 is 1.11 bits per heavy atom. The number of anilines is 1. The molecule has 0 radical (unpaired) electrons. The number of fused-ring (bicyclic) bond motifs is 1. The van der Waals surface area contributed by atoms with Crippen LogP contribution in [0.1, 0.15) is 0 Å². The molecule has 0 saturated carbocycles. The van der Waals surface area contributed by atoms with E-state index in [1.54, 1.807) is 14.2 Å². The number of benzene rings is 2. The summed E-state index contributed by atoms with van der Waals surface area (Å²) >= 11 is 1.48. The summed E-state index contributed by atoms with van der Waals surface area (Å²) in [7, 11) is 3.22. The second-order valence-corrected chi connectivity index (χ2v) is 6.49. The summed E-state index contributed by atoms with van der Waals surface area (Å²) in [5.41, 5.74) is 1.47. The van der Waals surface area contributed by atoms with Crippen molar-refractivity contribution < 1.29 is 19.0 Å². The Bertz CT molecular complexity index is 936. The third-order valence-corrected chi connectivity index (χ3v) is 4.71. The first-order chi connectivity index (χ1) is 13.2. The van der Waals surface area contributed by atoms with Crippen LogP contribution >= 0.6 is 11.8 Å². The molecule has 7 nitrogen and oxygen atoms in total. The van der Waals surface area contributed by atoms with Crippen molar-refractivity contribution in [2.75, 3.05) is 32.8 Å². The molecule has 2 aromatic carbocycles. The van der Waals surface area contributed by atoms with E-state index in [2.05, 4.69) is 15.3 Å². The van der Waals surface area contributed by atoms with Crippen LogP contribution in [0.3, 0.4) is 0 Å². The minimum atomic E-state index is 0.418. The normalized spacial score (nSPS) is 10.6. The monoisotopic (exact) mass is 385 g/mol. The smallest absolute Gasteiger partial charge is 0.211 e. The largest absolute Gasteiger partial charge is 0.493 e. The van der Waals surface area contributed by atoms with E-state index in [1.165, 1.54) is 18.1 Å². The van der Waals surface area contributed by atoms with Gasteiger partial charge in [0.05, 0.1) is 19.2 Å². The zero-order chi connectivity index (χ0) is 19.1. The number of carbonyl (C=O) groups excluding carboxylic acids is 1. The van der Waals surface area contributed by atoms with E-state index in [4.69, 9.17) is 14.2 Å². The Morgan fingerprint density at radius 2 is 2.00 bits per heavy atom. The molecule has 140 valence electrons. The van der Waals surface area contributed by atoms with Crippen molar-refractivity contribution in [2.45, 2.75) is 9.92 Å². The highest BCUT2D eigenvalue weighted by molar-refractivity contribution is 7.99. The quantitative estimate of drug-likeness (QED) is 0.343. The van der Waals surface area contributed by atoms with Crippen LogP contribution in [0.15, 0.2) is 52.6 Å². The van der Waals surface area contributed by atoms with Crippen molar-refractivity contribution in [3.63, 3.8) is 0 Å². The van der Waals surface area contributed by atoms with E-state index in [-0.39, 0.29) is 0 Å². The Morgan fingerprint density at radius 3 is 2.78 bits per heavy atom. The number of aromatic nitrogens is 2. The van der Waals surface area contributed by atoms with Crippen molar-refractivity contribution in [1.29, 1.82) is 0 Å². The number of nitrogens with one attached hydrogen (secondary N) is 1. The number of amides is 1. The summed E-state index contributed by atoms with van der Waals surface area (Å²) in [4.78, 5) is 20.3. The van der Waals surface area contributed by atoms with Crippen LogP contribution in [-0.2, 0) is 9.53 Å². The van der Waals surface area contributed by atoms with Gasteiger partial charge < -0.3 is 19.5 Å². The van der Waals surface area contributed by atoms with Crippen LogP contribution in [-0.4, -0.2) is 43.8 Å². The lowest BCUT2D eigenvalue weighted by molar-refractivity contribution is -0.105. The van der Waals surface area contributed by atoms with Gasteiger partial charge in [0.2, 0.25) is 6.41 Å². The molecule has 1 amide bonds. The van der Waals surface area contributed by atoms with Gasteiger partial charge in [-0.05, 0) is 24.3 Å². The van der Waals surface area contributed by atoms with Crippen LogP contribution < -0.4 is 14.8 Å². The maximum atomic E-state index is 10.6. The fraction of sp³-hybridized carbons (Fsp3) is 0.211.